The predicted molar refractivity (Wildman–Crippen MR) is 85.7 cm³/mol. The molecule has 22 heavy (non-hydrogen) atoms. The van der Waals surface area contributed by atoms with Crippen LogP contribution in [0.5, 0.6) is 11.5 Å². The van der Waals surface area contributed by atoms with Crippen LogP contribution in [0.2, 0.25) is 0 Å². The van der Waals surface area contributed by atoms with Gasteiger partial charge in [0.2, 0.25) is 0 Å². The van der Waals surface area contributed by atoms with Gasteiger partial charge >= 0.3 is 12.0 Å². The van der Waals surface area contributed by atoms with Gasteiger partial charge in [-0.25, -0.2) is 4.79 Å². The summed E-state index contributed by atoms with van der Waals surface area (Å²) in [5.41, 5.74) is 0.454. The third-order valence-electron chi connectivity index (χ3n) is 3.03. The molecule has 0 spiro atoms. The molecule has 8 heteroatoms. The molecule has 0 saturated heterocycles. The number of urea groups is 1. The van der Waals surface area contributed by atoms with Gasteiger partial charge in [-0.1, -0.05) is 6.92 Å². The summed E-state index contributed by atoms with van der Waals surface area (Å²) in [6, 6.07) is 2.87. The van der Waals surface area contributed by atoms with Crippen LogP contribution < -0.4 is 14.8 Å². The molecule has 2 N–H and O–H groups in total. The normalized spacial score (nSPS) is 11.5. The minimum atomic E-state index is -0.954. The number of benzene rings is 1. The van der Waals surface area contributed by atoms with Crippen LogP contribution in [0.1, 0.15) is 6.92 Å². The number of carboxylic acid groups (broad SMARTS) is 1. The second-order valence-corrected chi connectivity index (χ2v) is 5.59. The summed E-state index contributed by atoms with van der Waals surface area (Å²) in [6.45, 7) is 1.64. The average molecular weight is 375 g/mol. The molecule has 0 aromatic heterocycles. The van der Waals surface area contributed by atoms with Gasteiger partial charge in [0.25, 0.3) is 0 Å². The molecule has 2 amide bonds. The average Bonchev–Trinajstić information content (AvgIpc) is 2.47. The van der Waals surface area contributed by atoms with Gasteiger partial charge in [-0.05, 0) is 22.0 Å². The zero-order valence-corrected chi connectivity index (χ0v) is 14.4. The molecule has 0 bridgehead atoms. The first-order chi connectivity index (χ1) is 10.3. The van der Waals surface area contributed by atoms with E-state index in [1.54, 1.807) is 12.1 Å². The molecule has 1 unspecified atom stereocenters. The Hall–Kier alpha value is -1.96. The number of nitrogens with zero attached hydrogens (tertiary/aromatic N) is 1. The smallest absolute Gasteiger partial charge is 0.321 e. The molecule has 0 aliphatic carbocycles. The molecule has 0 saturated carbocycles. The molecule has 0 heterocycles. The summed E-state index contributed by atoms with van der Waals surface area (Å²) >= 11 is 3.33. The molecule has 0 radical (unpaired) electrons. The quantitative estimate of drug-likeness (QED) is 0.798. The second-order valence-electron chi connectivity index (χ2n) is 4.74. The number of carbonyl (C=O) groups excluding carboxylic acids is 1. The van der Waals surface area contributed by atoms with Crippen molar-refractivity contribution in [1.29, 1.82) is 0 Å². The zero-order valence-electron chi connectivity index (χ0n) is 12.8. The van der Waals surface area contributed by atoms with Gasteiger partial charge in [-0.3, -0.25) is 4.79 Å². The van der Waals surface area contributed by atoms with E-state index in [-0.39, 0.29) is 6.54 Å². The fraction of sp³-hybridized carbons (Fsp3) is 0.429. The van der Waals surface area contributed by atoms with Crippen molar-refractivity contribution in [1.82, 2.24) is 4.90 Å². The minimum absolute atomic E-state index is 0.0980. The van der Waals surface area contributed by atoms with Crippen molar-refractivity contribution in [3.05, 3.63) is 16.6 Å². The van der Waals surface area contributed by atoms with Crippen molar-refractivity contribution in [3.63, 3.8) is 0 Å². The Bertz CT molecular complexity index is 564. The Labute approximate surface area is 137 Å². The van der Waals surface area contributed by atoms with Crippen LogP contribution in [-0.4, -0.2) is 49.8 Å². The zero-order chi connectivity index (χ0) is 16.9. The van der Waals surface area contributed by atoms with Gasteiger partial charge in [-0.2, -0.15) is 0 Å². The lowest BCUT2D eigenvalue weighted by Crippen LogP contribution is -2.36. The van der Waals surface area contributed by atoms with E-state index >= 15 is 0 Å². The van der Waals surface area contributed by atoms with Gasteiger partial charge in [0.15, 0.2) is 0 Å². The number of aliphatic carboxylic acids is 1. The number of anilines is 1. The van der Waals surface area contributed by atoms with Gasteiger partial charge in [0, 0.05) is 19.7 Å². The highest BCUT2D eigenvalue weighted by Gasteiger charge is 2.19. The van der Waals surface area contributed by atoms with E-state index in [4.69, 9.17) is 14.6 Å². The van der Waals surface area contributed by atoms with Crippen molar-refractivity contribution in [2.45, 2.75) is 6.92 Å². The number of rotatable bonds is 6. The van der Waals surface area contributed by atoms with E-state index < -0.39 is 17.9 Å². The van der Waals surface area contributed by atoms with Crippen LogP contribution in [-0.2, 0) is 4.79 Å². The first-order valence-electron chi connectivity index (χ1n) is 6.46. The molecular weight excluding hydrogens is 356 g/mol. The maximum Gasteiger partial charge on any atom is 0.321 e. The van der Waals surface area contributed by atoms with Gasteiger partial charge in [0.1, 0.15) is 11.5 Å². The third-order valence-corrected chi connectivity index (χ3v) is 3.65. The molecular formula is C14H19BrN2O5. The second kappa shape index (κ2) is 7.88. The van der Waals surface area contributed by atoms with Crippen molar-refractivity contribution < 1.29 is 24.2 Å². The lowest BCUT2D eigenvalue weighted by atomic mass is 10.2. The Morgan fingerprint density at radius 3 is 2.41 bits per heavy atom. The molecule has 0 aliphatic rings. The van der Waals surface area contributed by atoms with E-state index in [2.05, 4.69) is 21.2 Å². The van der Waals surface area contributed by atoms with E-state index in [1.807, 2.05) is 0 Å². The van der Waals surface area contributed by atoms with Crippen molar-refractivity contribution in [2.24, 2.45) is 5.92 Å². The first kappa shape index (κ1) is 18.1. The van der Waals surface area contributed by atoms with Gasteiger partial charge in [-0.15, -0.1) is 0 Å². The number of carboxylic acids is 1. The topological polar surface area (TPSA) is 88.1 Å². The van der Waals surface area contributed by atoms with Crippen LogP contribution in [0, 0.1) is 5.92 Å². The van der Waals surface area contributed by atoms with E-state index in [0.717, 1.165) is 0 Å². The molecule has 1 aromatic rings. The van der Waals surface area contributed by atoms with E-state index in [9.17, 15) is 9.59 Å². The van der Waals surface area contributed by atoms with Crippen LogP contribution in [0.3, 0.4) is 0 Å². The fourth-order valence-electron chi connectivity index (χ4n) is 1.74. The Balaban J connectivity index is 2.87. The molecule has 0 aliphatic heterocycles. The number of ether oxygens (including phenoxy) is 2. The maximum absolute atomic E-state index is 12.1. The van der Waals surface area contributed by atoms with E-state index in [1.165, 1.54) is 33.1 Å². The number of amides is 2. The SMILES string of the molecule is COc1cc(OC)c(NC(=O)N(C)CC(C)C(=O)O)cc1Br. The summed E-state index contributed by atoms with van der Waals surface area (Å²) in [6.07, 6.45) is 0. The standard InChI is InChI=1S/C14H19BrN2O5/c1-8(13(18)19)7-17(2)14(20)16-10-5-9(15)11(21-3)6-12(10)22-4/h5-6,8H,7H2,1-4H3,(H,16,20)(H,18,19). The Kier molecular flexibility index (Phi) is 6.48. The summed E-state index contributed by atoms with van der Waals surface area (Å²) in [4.78, 5) is 24.3. The lowest BCUT2D eigenvalue weighted by molar-refractivity contribution is -0.141. The van der Waals surface area contributed by atoms with Gasteiger partial charge < -0.3 is 24.8 Å². The summed E-state index contributed by atoms with van der Waals surface area (Å²) in [5, 5.41) is 11.6. The highest BCUT2D eigenvalue weighted by Crippen LogP contribution is 2.36. The number of halogens is 1. The van der Waals surface area contributed by atoms with Crippen LogP contribution in [0.25, 0.3) is 0 Å². The third kappa shape index (κ3) is 4.52. The fourth-order valence-corrected chi connectivity index (χ4v) is 2.25. The molecule has 0 fully saturated rings. The lowest BCUT2D eigenvalue weighted by Gasteiger charge is -2.21. The van der Waals surface area contributed by atoms with Crippen molar-refractivity contribution >= 4 is 33.6 Å². The largest absolute Gasteiger partial charge is 0.495 e. The van der Waals surface area contributed by atoms with Crippen LogP contribution in [0.15, 0.2) is 16.6 Å². The Morgan fingerprint density at radius 1 is 1.32 bits per heavy atom. The van der Waals surface area contributed by atoms with Gasteiger partial charge in [0.05, 0.1) is 30.3 Å². The Morgan fingerprint density at radius 2 is 1.91 bits per heavy atom. The monoisotopic (exact) mass is 374 g/mol. The first-order valence-corrected chi connectivity index (χ1v) is 7.25. The molecule has 1 rings (SSSR count). The van der Waals surface area contributed by atoms with Crippen LogP contribution >= 0.6 is 15.9 Å². The highest BCUT2D eigenvalue weighted by molar-refractivity contribution is 9.10. The molecule has 1 aromatic carbocycles. The minimum Gasteiger partial charge on any atom is -0.495 e. The van der Waals surface area contributed by atoms with E-state index in [0.29, 0.717) is 21.7 Å². The summed E-state index contributed by atoms with van der Waals surface area (Å²) in [7, 11) is 4.53. The van der Waals surface area contributed by atoms with Crippen molar-refractivity contribution in [3.8, 4) is 11.5 Å². The number of hydrogen-bond donors (Lipinski definition) is 2. The molecule has 1 atom stereocenters. The molecule has 122 valence electrons. The van der Waals surface area contributed by atoms with Crippen molar-refractivity contribution in [2.75, 3.05) is 33.1 Å². The predicted octanol–water partition coefficient (Wildman–Crippen LogP) is 2.65. The number of carbonyl (C=O) groups is 2. The number of nitrogens with one attached hydrogen (secondary N) is 1. The number of methoxy groups -OCH3 is 2. The molecule has 7 nitrogen and oxygen atoms in total. The summed E-state index contributed by atoms with van der Waals surface area (Å²) in [5.74, 6) is -0.597. The highest BCUT2D eigenvalue weighted by atomic mass is 79.9. The van der Waals surface area contributed by atoms with Crippen LogP contribution in [0.4, 0.5) is 10.5 Å². The number of hydrogen-bond acceptors (Lipinski definition) is 4. The summed E-state index contributed by atoms with van der Waals surface area (Å²) < 4.78 is 11.0. The maximum atomic E-state index is 12.1.